The van der Waals surface area contributed by atoms with E-state index in [2.05, 4.69) is 16.9 Å². The maximum Gasteiger partial charge on any atom is 0.335 e. The van der Waals surface area contributed by atoms with Crippen LogP contribution in [0.25, 0.3) is 5.57 Å². The molecular formula is C30H32F2N4OS. The van der Waals surface area contributed by atoms with E-state index in [4.69, 9.17) is 0 Å². The van der Waals surface area contributed by atoms with Crippen LogP contribution in [0.2, 0.25) is 0 Å². The van der Waals surface area contributed by atoms with Crippen molar-refractivity contribution in [3.05, 3.63) is 107 Å². The Morgan fingerprint density at radius 3 is 2.16 bits per heavy atom. The second kappa shape index (κ2) is 12.1. The van der Waals surface area contributed by atoms with Crippen molar-refractivity contribution >= 4 is 23.4 Å². The zero-order chi connectivity index (χ0) is 26.5. The van der Waals surface area contributed by atoms with Crippen LogP contribution in [-0.4, -0.2) is 57.9 Å². The van der Waals surface area contributed by atoms with E-state index < -0.39 is 0 Å². The molecule has 5 nitrogen and oxygen atoms in total. The van der Waals surface area contributed by atoms with Crippen LogP contribution >= 0.6 is 11.8 Å². The van der Waals surface area contributed by atoms with Crippen LogP contribution in [0.5, 0.6) is 0 Å². The van der Waals surface area contributed by atoms with E-state index >= 15 is 0 Å². The number of piperidine rings is 1. The van der Waals surface area contributed by atoms with Crippen molar-refractivity contribution in [1.82, 2.24) is 19.9 Å². The third-order valence-electron chi connectivity index (χ3n) is 7.07. The molecule has 38 heavy (non-hydrogen) atoms. The summed E-state index contributed by atoms with van der Waals surface area (Å²) in [6, 6.07) is 17.0. The molecule has 1 aromatic heterocycles. The number of halogens is 2. The third kappa shape index (κ3) is 5.76. The molecule has 2 aliphatic rings. The van der Waals surface area contributed by atoms with E-state index in [0.29, 0.717) is 26.2 Å². The van der Waals surface area contributed by atoms with Gasteiger partial charge in [0.25, 0.3) is 0 Å². The van der Waals surface area contributed by atoms with Gasteiger partial charge in [0.05, 0.1) is 0 Å². The lowest BCUT2D eigenvalue weighted by molar-refractivity contribution is -0.00800. The number of hydrogen-bond acceptors (Lipinski definition) is 4. The summed E-state index contributed by atoms with van der Waals surface area (Å²) in [6.07, 6.45) is 5.98. The molecule has 1 unspecified atom stereocenters. The molecule has 0 bridgehead atoms. The standard InChI is InChI=1S/C30H32F2N4OS/c1-2-16-36(30(37)35-19-20-38-29(35)25-4-3-15-33-21-25)34-17-13-24(14-18-34)28(22-5-9-26(31)10-6-22)23-7-11-27(32)12-8-23/h3-12,15,21,29H,2,13-14,16-20H2,1H3. The van der Waals surface area contributed by atoms with Gasteiger partial charge in [-0.1, -0.05) is 42.8 Å². The van der Waals surface area contributed by atoms with Crippen molar-refractivity contribution in [3.8, 4) is 0 Å². The first-order chi connectivity index (χ1) is 18.5. The lowest BCUT2D eigenvalue weighted by Crippen LogP contribution is -2.54. The summed E-state index contributed by atoms with van der Waals surface area (Å²) in [5, 5.41) is 4.06. The minimum atomic E-state index is -0.287. The number of thioether (sulfide) groups is 1. The van der Waals surface area contributed by atoms with Crippen molar-refractivity contribution in [2.45, 2.75) is 31.6 Å². The molecule has 3 heterocycles. The normalized spacial score (nSPS) is 18.0. The van der Waals surface area contributed by atoms with E-state index in [1.165, 1.54) is 29.8 Å². The van der Waals surface area contributed by atoms with Crippen molar-refractivity contribution in [2.75, 3.05) is 31.9 Å². The number of carbonyl (C=O) groups excluding carboxylic acids is 1. The van der Waals surface area contributed by atoms with Gasteiger partial charge in [-0.3, -0.25) is 9.99 Å². The molecule has 2 amide bonds. The van der Waals surface area contributed by atoms with Crippen LogP contribution in [-0.2, 0) is 0 Å². The highest BCUT2D eigenvalue weighted by molar-refractivity contribution is 7.99. The Bertz CT molecular complexity index is 1210. The third-order valence-corrected chi connectivity index (χ3v) is 8.33. The van der Waals surface area contributed by atoms with Crippen molar-refractivity contribution in [3.63, 3.8) is 0 Å². The van der Waals surface area contributed by atoms with Gasteiger partial charge in [0.2, 0.25) is 0 Å². The molecule has 2 aliphatic heterocycles. The van der Waals surface area contributed by atoms with Crippen LogP contribution in [0.3, 0.4) is 0 Å². The zero-order valence-electron chi connectivity index (χ0n) is 21.5. The van der Waals surface area contributed by atoms with E-state index in [1.54, 1.807) is 42.2 Å². The topological polar surface area (TPSA) is 39.7 Å². The van der Waals surface area contributed by atoms with Crippen LogP contribution in [0.1, 0.15) is 48.3 Å². The highest BCUT2D eigenvalue weighted by atomic mass is 32.2. The molecule has 0 radical (unpaired) electrons. The predicted octanol–water partition coefficient (Wildman–Crippen LogP) is 6.75. The lowest BCUT2D eigenvalue weighted by atomic mass is 9.88. The Hall–Kier alpha value is -3.23. The molecule has 1 atom stereocenters. The van der Waals surface area contributed by atoms with Crippen LogP contribution in [0.4, 0.5) is 13.6 Å². The van der Waals surface area contributed by atoms with Gasteiger partial charge in [0.1, 0.15) is 17.0 Å². The highest BCUT2D eigenvalue weighted by Gasteiger charge is 2.36. The second-order valence-corrected chi connectivity index (χ2v) is 10.7. The van der Waals surface area contributed by atoms with Crippen LogP contribution < -0.4 is 0 Å². The van der Waals surface area contributed by atoms with Gasteiger partial charge in [0, 0.05) is 49.9 Å². The Morgan fingerprint density at radius 2 is 1.61 bits per heavy atom. The summed E-state index contributed by atoms with van der Waals surface area (Å²) in [4.78, 5) is 20.1. The number of hydrazine groups is 1. The highest BCUT2D eigenvalue weighted by Crippen LogP contribution is 2.39. The number of pyridine rings is 1. The molecular weight excluding hydrogens is 502 g/mol. The number of aromatic nitrogens is 1. The van der Waals surface area contributed by atoms with Gasteiger partial charge in [-0.15, -0.1) is 11.8 Å². The number of urea groups is 1. The molecule has 3 aromatic rings. The van der Waals surface area contributed by atoms with Gasteiger partial charge in [-0.25, -0.2) is 18.6 Å². The van der Waals surface area contributed by atoms with Gasteiger partial charge < -0.3 is 4.90 Å². The first-order valence-corrected chi connectivity index (χ1v) is 14.2. The van der Waals surface area contributed by atoms with Crippen molar-refractivity contribution in [1.29, 1.82) is 0 Å². The fourth-order valence-corrected chi connectivity index (χ4v) is 6.48. The maximum atomic E-state index is 13.8. The summed E-state index contributed by atoms with van der Waals surface area (Å²) in [5.74, 6) is 0.326. The van der Waals surface area contributed by atoms with Crippen LogP contribution in [0.15, 0.2) is 78.6 Å². The minimum Gasteiger partial charge on any atom is -0.307 e. The van der Waals surface area contributed by atoms with Gasteiger partial charge in [-0.05, 0) is 66.3 Å². The largest absolute Gasteiger partial charge is 0.335 e. The molecule has 0 N–H and O–H groups in total. The average Bonchev–Trinajstić information content (AvgIpc) is 3.45. The molecule has 2 aromatic carbocycles. The number of benzene rings is 2. The Kier molecular flexibility index (Phi) is 8.39. The van der Waals surface area contributed by atoms with Crippen molar-refractivity contribution < 1.29 is 13.6 Å². The Labute approximate surface area is 227 Å². The van der Waals surface area contributed by atoms with Gasteiger partial charge in [0.15, 0.2) is 0 Å². The summed E-state index contributed by atoms with van der Waals surface area (Å²) in [7, 11) is 0. The molecule has 2 saturated heterocycles. The number of hydrogen-bond donors (Lipinski definition) is 0. The SMILES string of the molecule is CCCN(C(=O)N1CCSC1c1cccnc1)N1CCC(=C(c2ccc(F)cc2)c2ccc(F)cc2)CC1. The summed E-state index contributed by atoms with van der Waals surface area (Å²) >= 11 is 1.77. The molecule has 0 saturated carbocycles. The molecule has 8 heteroatoms. The van der Waals surface area contributed by atoms with E-state index in [9.17, 15) is 13.6 Å². The van der Waals surface area contributed by atoms with Gasteiger partial charge >= 0.3 is 6.03 Å². The number of amides is 2. The maximum absolute atomic E-state index is 13.8. The molecule has 5 rings (SSSR count). The quantitative estimate of drug-likeness (QED) is 0.351. The lowest BCUT2D eigenvalue weighted by Gasteiger charge is -2.41. The van der Waals surface area contributed by atoms with E-state index in [0.717, 1.165) is 47.3 Å². The second-order valence-electron chi connectivity index (χ2n) is 9.55. The average molecular weight is 535 g/mol. The molecule has 2 fully saturated rings. The van der Waals surface area contributed by atoms with E-state index in [-0.39, 0.29) is 23.0 Å². The number of carbonyl (C=O) groups is 1. The minimum absolute atomic E-state index is 0.0284. The Balaban J connectivity index is 1.38. The Morgan fingerprint density at radius 1 is 0.974 bits per heavy atom. The molecule has 198 valence electrons. The van der Waals surface area contributed by atoms with Crippen LogP contribution in [0, 0.1) is 11.6 Å². The predicted molar refractivity (Wildman–Crippen MR) is 148 cm³/mol. The van der Waals surface area contributed by atoms with Crippen molar-refractivity contribution in [2.24, 2.45) is 0 Å². The number of rotatable bonds is 6. The first-order valence-electron chi connectivity index (χ1n) is 13.1. The summed E-state index contributed by atoms with van der Waals surface area (Å²) in [6.45, 7) is 4.86. The van der Waals surface area contributed by atoms with E-state index in [1.807, 2.05) is 28.2 Å². The number of nitrogens with zero attached hydrogens (tertiary/aromatic N) is 4. The molecule has 0 spiro atoms. The first kappa shape index (κ1) is 26.4. The summed E-state index contributed by atoms with van der Waals surface area (Å²) < 4.78 is 27.4. The summed E-state index contributed by atoms with van der Waals surface area (Å²) in [5.41, 5.74) is 5.12. The fraction of sp³-hybridized carbons (Fsp3) is 0.333. The molecule has 0 aliphatic carbocycles. The van der Waals surface area contributed by atoms with Gasteiger partial charge in [-0.2, -0.15) is 0 Å². The smallest absolute Gasteiger partial charge is 0.307 e. The fourth-order valence-electron chi connectivity index (χ4n) is 5.25. The zero-order valence-corrected chi connectivity index (χ0v) is 22.3. The monoisotopic (exact) mass is 534 g/mol.